The normalized spacial score (nSPS) is 11.8. The van der Waals surface area contributed by atoms with E-state index in [1.165, 1.54) is 20.3 Å². The van der Waals surface area contributed by atoms with Crippen LogP contribution in [0.2, 0.25) is 0 Å². The average molecular weight is 473 g/mol. The second kappa shape index (κ2) is 11.0. The third kappa shape index (κ3) is 6.09. The lowest BCUT2D eigenvalue weighted by Gasteiger charge is -2.14. The number of nitrogens with one attached hydrogen (secondary N) is 1. The van der Waals surface area contributed by atoms with Gasteiger partial charge < -0.3 is 19.5 Å². The molecule has 0 aliphatic carbocycles. The number of ether oxygens (including phenoxy) is 3. The summed E-state index contributed by atoms with van der Waals surface area (Å²) in [7, 11) is 2.71. The zero-order valence-electron chi connectivity index (χ0n) is 16.8. The molecule has 1 N–H and O–H groups in total. The van der Waals surface area contributed by atoms with Gasteiger partial charge in [0, 0.05) is 0 Å². The van der Waals surface area contributed by atoms with Gasteiger partial charge in [-0.1, -0.05) is 30.3 Å². The van der Waals surface area contributed by atoms with Gasteiger partial charge in [-0.25, -0.2) is 4.79 Å². The van der Waals surface area contributed by atoms with Crippen LogP contribution in [0.3, 0.4) is 0 Å². The Morgan fingerprint density at radius 2 is 1.93 bits per heavy atom. The molecule has 1 amide bonds. The third-order valence-electron chi connectivity index (χ3n) is 4.14. The molecule has 2 aromatic rings. The molecule has 8 heteroatoms. The van der Waals surface area contributed by atoms with Crippen LogP contribution in [0.4, 0.5) is 0 Å². The summed E-state index contributed by atoms with van der Waals surface area (Å²) in [5.41, 5.74) is 1.41. The Morgan fingerprint density at radius 3 is 2.53 bits per heavy atom. The van der Waals surface area contributed by atoms with Gasteiger partial charge >= 0.3 is 5.97 Å². The summed E-state index contributed by atoms with van der Waals surface area (Å²) in [5, 5.41) is 12.3. The fraction of sp³-hybridized carbons (Fsp3) is 0.227. The van der Waals surface area contributed by atoms with Gasteiger partial charge in [-0.15, -0.1) is 0 Å². The first kappa shape index (κ1) is 23.0. The number of hydrogen-bond acceptors (Lipinski definition) is 6. The van der Waals surface area contributed by atoms with Crippen molar-refractivity contribution in [3.63, 3.8) is 0 Å². The fourth-order valence-electron chi connectivity index (χ4n) is 2.57. The van der Waals surface area contributed by atoms with Gasteiger partial charge in [-0.05, 0) is 52.2 Å². The minimum atomic E-state index is -0.538. The molecule has 2 rings (SSSR count). The highest BCUT2D eigenvalue weighted by molar-refractivity contribution is 9.10. The number of esters is 1. The number of hydrogen-bond donors (Lipinski definition) is 1. The van der Waals surface area contributed by atoms with Crippen LogP contribution < -0.4 is 14.8 Å². The van der Waals surface area contributed by atoms with Crippen molar-refractivity contribution in [2.75, 3.05) is 20.8 Å². The Morgan fingerprint density at radius 1 is 1.23 bits per heavy atom. The number of nitriles is 1. The first-order chi connectivity index (χ1) is 14.4. The van der Waals surface area contributed by atoms with E-state index in [0.29, 0.717) is 21.5 Å². The summed E-state index contributed by atoms with van der Waals surface area (Å²) in [5.74, 6) is -0.394. The number of benzene rings is 2. The van der Waals surface area contributed by atoms with Crippen molar-refractivity contribution in [1.29, 1.82) is 5.26 Å². The van der Waals surface area contributed by atoms with E-state index in [1.54, 1.807) is 12.1 Å². The second-order valence-electron chi connectivity index (χ2n) is 6.17. The van der Waals surface area contributed by atoms with Crippen LogP contribution in [0.5, 0.6) is 11.5 Å². The van der Waals surface area contributed by atoms with Gasteiger partial charge in [0.25, 0.3) is 5.91 Å². The molecular formula is C22H21BrN2O5. The smallest absolute Gasteiger partial charge is 0.343 e. The van der Waals surface area contributed by atoms with Crippen molar-refractivity contribution in [3.05, 3.63) is 63.6 Å². The molecule has 0 unspecified atom stereocenters. The van der Waals surface area contributed by atoms with E-state index >= 15 is 0 Å². The van der Waals surface area contributed by atoms with Gasteiger partial charge in [-0.3, -0.25) is 4.79 Å². The predicted molar refractivity (Wildman–Crippen MR) is 115 cm³/mol. The molecule has 0 saturated carbocycles. The van der Waals surface area contributed by atoms with E-state index in [0.717, 1.165) is 5.56 Å². The molecule has 0 radical (unpaired) electrons. The molecule has 0 bridgehead atoms. The van der Waals surface area contributed by atoms with E-state index in [1.807, 2.05) is 43.3 Å². The summed E-state index contributed by atoms with van der Waals surface area (Å²) in [4.78, 5) is 23.9. The largest absolute Gasteiger partial charge is 0.493 e. The number of amides is 1. The Kier molecular flexibility index (Phi) is 8.44. The number of rotatable bonds is 8. The molecule has 156 valence electrons. The summed E-state index contributed by atoms with van der Waals surface area (Å²) in [6.07, 6.45) is 1.45. The van der Waals surface area contributed by atoms with Crippen LogP contribution in [0.1, 0.15) is 24.1 Å². The maximum Gasteiger partial charge on any atom is 0.343 e. The van der Waals surface area contributed by atoms with Crippen LogP contribution >= 0.6 is 15.9 Å². The Balaban J connectivity index is 2.24. The van der Waals surface area contributed by atoms with Crippen LogP contribution in [-0.4, -0.2) is 32.7 Å². The lowest BCUT2D eigenvalue weighted by molar-refractivity contribution is -0.143. The summed E-state index contributed by atoms with van der Waals surface area (Å²) >= 11 is 3.36. The second-order valence-corrected chi connectivity index (χ2v) is 7.03. The summed E-state index contributed by atoms with van der Waals surface area (Å²) in [6.45, 7) is 1.55. The zero-order chi connectivity index (χ0) is 22.1. The lowest BCUT2D eigenvalue weighted by Crippen LogP contribution is -2.27. The standard InChI is InChI=1S/C22H21BrN2O5/c1-14(16-7-5-4-6-8-16)25-22(27)17(12-24)9-15-10-18(23)21(19(11-15)28-2)30-13-20(26)29-3/h4-11,14H,13H2,1-3H3,(H,25,27)/b17-9+/t14-/m0/s1. The number of methoxy groups -OCH3 is 2. The van der Waals surface area contributed by atoms with E-state index in [4.69, 9.17) is 9.47 Å². The maximum atomic E-state index is 12.6. The minimum Gasteiger partial charge on any atom is -0.493 e. The van der Waals surface area contributed by atoms with E-state index in [2.05, 4.69) is 26.0 Å². The highest BCUT2D eigenvalue weighted by atomic mass is 79.9. The van der Waals surface area contributed by atoms with Gasteiger partial charge in [0.15, 0.2) is 18.1 Å². The topological polar surface area (TPSA) is 97.7 Å². The van der Waals surface area contributed by atoms with Gasteiger partial charge in [0.2, 0.25) is 0 Å². The SMILES string of the molecule is COC(=O)COc1c(Br)cc(/C=C(\C#N)C(=O)N[C@@H](C)c2ccccc2)cc1OC. The van der Waals surface area contributed by atoms with Crippen molar-refractivity contribution in [3.8, 4) is 17.6 Å². The van der Waals surface area contributed by atoms with Gasteiger partial charge in [0.1, 0.15) is 11.6 Å². The van der Waals surface area contributed by atoms with Crippen LogP contribution in [0.25, 0.3) is 6.08 Å². The number of nitrogens with zero attached hydrogens (tertiary/aromatic N) is 1. The quantitative estimate of drug-likeness (QED) is 0.356. The van der Waals surface area contributed by atoms with E-state index in [-0.39, 0.29) is 18.2 Å². The molecule has 1 atom stereocenters. The molecule has 0 aliphatic rings. The molecule has 7 nitrogen and oxygen atoms in total. The molecule has 0 aromatic heterocycles. The predicted octanol–water partition coefficient (Wildman–Crippen LogP) is 3.79. The first-order valence-corrected chi connectivity index (χ1v) is 9.73. The lowest BCUT2D eigenvalue weighted by atomic mass is 10.1. The van der Waals surface area contributed by atoms with Crippen molar-refractivity contribution >= 4 is 33.9 Å². The van der Waals surface area contributed by atoms with Crippen LogP contribution in [0.15, 0.2) is 52.5 Å². The maximum absolute atomic E-state index is 12.6. The number of halogens is 1. The van der Waals surface area contributed by atoms with E-state index in [9.17, 15) is 14.9 Å². The van der Waals surface area contributed by atoms with Crippen molar-refractivity contribution in [1.82, 2.24) is 5.32 Å². The average Bonchev–Trinajstić information content (AvgIpc) is 2.76. The summed E-state index contributed by atoms with van der Waals surface area (Å²) in [6, 6.07) is 14.4. The van der Waals surface area contributed by atoms with Crippen LogP contribution in [-0.2, 0) is 14.3 Å². The first-order valence-electron chi connectivity index (χ1n) is 8.94. The molecule has 2 aromatic carbocycles. The third-order valence-corrected chi connectivity index (χ3v) is 4.73. The minimum absolute atomic E-state index is 0.0602. The van der Waals surface area contributed by atoms with Gasteiger partial charge in [-0.2, -0.15) is 5.26 Å². The van der Waals surface area contributed by atoms with E-state index < -0.39 is 11.9 Å². The zero-order valence-corrected chi connectivity index (χ0v) is 18.4. The number of carbonyl (C=O) groups is 2. The molecule has 0 saturated heterocycles. The van der Waals surface area contributed by atoms with Crippen molar-refractivity contribution in [2.45, 2.75) is 13.0 Å². The summed E-state index contributed by atoms with van der Waals surface area (Å²) < 4.78 is 15.8. The van der Waals surface area contributed by atoms with Crippen LogP contribution in [0, 0.1) is 11.3 Å². The Hall–Kier alpha value is -3.31. The number of carbonyl (C=O) groups excluding carboxylic acids is 2. The monoisotopic (exact) mass is 472 g/mol. The molecule has 0 aliphatic heterocycles. The highest BCUT2D eigenvalue weighted by Crippen LogP contribution is 2.37. The molecule has 0 spiro atoms. The molecule has 30 heavy (non-hydrogen) atoms. The molecular weight excluding hydrogens is 452 g/mol. The van der Waals surface area contributed by atoms with Gasteiger partial charge in [0.05, 0.1) is 24.7 Å². The van der Waals surface area contributed by atoms with Crippen molar-refractivity contribution < 1.29 is 23.8 Å². The van der Waals surface area contributed by atoms with Crippen molar-refractivity contribution in [2.24, 2.45) is 0 Å². The molecule has 0 fully saturated rings. The highest BCUT2D eigenvalue weighted by Gasteiger charge is 2.16. The Labute approximate surface area is 183 Å². The molecule has 0 heterocycles. The fourth-order valence-corrected chi connectivity index (χ4v) is 3.14. The Bertz CT molecular complexity index is 983.